The Hall–Kier alpha value is -2.44. The Kier molecular flexibility index (Phi) is 7.10. The molecule has 0 N–H and O–H groups in total. The highest BCUT2D eigenvalue weighted by Crippen LogP contribution is 2.42. The van der Waals surface area contributed by atoms with Gasteiger partial charge < -0.3 is 19.1 Å². The number of carbonyl (C=O) groups is 1. The van der Waals surface area contributed by atoms with Gasteiger partial charge in [-0.05, 0) is 61.1 Å². The Labute approximate surface area is 177 Å². The summed E-state index contributed by atoms with van der Waals surface area (Å²) in [4.78, 5) is 13.0. The minimum atomic E-state index is -0.520. The van der Waals surface area contributed by atoms with Gasteiger partial charge in [-0.2, -0.15) is 0 Å². The van der Waals surface area contributed by atoms with Gasteiger partial charge in [-0.15, -0.1) is 0 Å². The van der Waals surface area contributed by atoms with Crippen LogP contribution in [0.25, 0.3) is 0 Å². The van der Waals surface area contributed by atoms with Gasteiger partial charge in [0.25, 0.3) is 0 Å². The average Bonchev–Trinajstić information content (AvgIpc) is 2.77. The first-order valence-corrected chi connectivity index (χ1v) is 10.2. The van der Waals surface area contributed by atoms with E-state index in [4.69, 9.17) is 14.2 Å². The SMILES string of the molecule is CO[C@H]1CC[C@@](OC)(c2cc(F)cc(OCc3ccc(N(C)C(C)=O)cc3)c2)CC1. The van der Waals surface area contributed by atoms with Crippen LogP contribution in [0, 0.1) is 5.82 Å². The fourth-order valence-corrected chi connectivity index (χ4v) is 3.98. The van der Waals surface area contributed by atoms with E-state index in [1.54, 1.807) is 26.2 Å². The van der Waals surface area contributed by atoms with E-state index in [1.165, 1.54) is 19.1 Å². The predicted molar refractivity (Wildman–Crippen MR) is 114 cm³/mol. The molecule has 1 saturated carbocycles. The summed E-state index contributed by atoms with van der Waals surface area (Å²) in [6.07, 6.45) is 3.52. The molecule has 1 aliphatic carbocycles. The molecule has 3 rings (SSSR count). The zero-order chi connectivity index (χ0) is 21.7. The Morgan fingerprint density at radius 3 is 2.37 bits per heavy atom. The van der Waals surface area contributed by atoms with Gasteiger partial charge in [0.15, 0.2) is 0 Å². The average molecular weight is 416 g/mol. The molecule has 30 heavy (non-hydrogen) atoms. The lowest BCUT2D eigenvalue weighted by Gasteiger charge is -2.39. The lowest BCUT2D eigenvalue weighted by Crippen LogP contribution is -2.36. The molecule has 0 heterocycles. The van der Waals surface area contributed by atoms with E-state index in [2.05, 4.69) is 0 Å². The highest BCUT2D eigenvalue weighted by atomic mass is 19.1. The molecule has 1 fully saturated rings. The van der Waals surface area contributed by atoms with Gasteiger partial charge in [0.05, 0.1) is 11.7 Å². The van der Waals surface area contributed by atoms with Crippen LogP contribution in [0.3, 0.4) is 0 Å². The molecular formula is C24H30FNO4. The topological polar surface area (TPSA) is 48.0 Å². The zero-order valence-corrected chi connectivity index (χ0v) is 18.1. The molecule has 5 nitrogen and oxygen atoms in total. The number of ether oxygens (including phenoxy) is 3. The lowest BCUT2D eigenvalue weighted by molar-refractivity contribution is -0.116. The van der Waals surface area contributed by atoms with E-state index in [0.29, 0.717) is 12.4 Å². The molecule has 1 amide bonds. The standard InChI is InChI=1S/C24H30FNO4/c1-17(27)26(2)21-7-5-18(6-8-21)16-30-23-14-19(13-20(25)15-23)24(29-4)11-9-22(28-3)10-12-24/h5-8,13-15,22H,9-12,16H2,1-4H3/t22-,24-. The Bertz CT molecular complexity index is 860. The number of methoxy groups -OCH3 is 2. The second-order valence-electron chi connectivity index (χ2n) is 7.84. The first-order valence-electron chi connectivity index (χ1n) is 10.2. The van der Waals surface area contributed by atoms with Crippen molar-refractivity contribution in [2.75, 3.05) is 26.2 Å². The normalized spacial score (nSPS) is 21.3. The first kappa shape index (κ1) is 22.2. The zero-order valence-electron chi connectivity index (χ0n) is 18.1. The van der Waals surface area contributed by atoms with Crippen LogP contribution < -0.4 is 9.64 Å². The fourth-order valence-electron chi connectivity index (χ4n) is 3.98. The third-order valence-electron chi connectivity index (χ3n) is 6.06. The maximum Gasteiger partial charge on any atom is 0.223 e. The van der Waals surface area contributed by atoms with Gasteiger partial charge in [-0.3, -0.25) is 4.79 Å². The summed E-state index contributed by atoms with van der Waals surface area (Å²) in [6.45, 7) is 1.83. The molecule has 0 unspecified atom stereocenters. The maximum atomic E-state index is 14.4. The van der Waals surface area contributed by atoms with Gasteiger partial charge >= 0.3 is 0 Å². The summed E-state index contributed by atoms with van der Waals surface area (Å²) in [5.74, 6) is 0.101. The van der Waals surface area contributed by atoms with E-state index in [0.717, 1.165) is 42.5 Å². The molecule has 0 radical (unpaired) electrons. The van der Waals surface area contributed by atoms with E-state index < -0.39 is 5.60 Å². The first-order chi connectivity index (χ1) is 14.4. The number of rotatable bonds is 7. The summed E-state index contributed by atoms with van der Waals surface area (Å²) >= 11 is 0. The third-order valence-corrected chi connectivity index (χ3v) is 6.06. The van der Waals surface area contributed by atoms with Crippen molar-refractivity contribution in [3.05, 3.63) is 59.4 Å². The summed E-state index contributed by atoms with van der Waals surface area (Å²) in [5, 5.41) is 0. The van der Waals surface area contributed by atoms with Crippen LogP contribution in [0.5, 0.6) is 5.75 Å². The van der Waals surface area contributed by atoms with Gasteiger partial charge in [0, 0.05) is 39.9 Å². The van der Waals surface area contributed by atoms with Crippen molar-refractivity contribution in [3.63, 3.8) is 0 Å². The molecule has 0 bridgehead atoms. The molecule has 0 saturated heterocycles. The lowest BCUT2D eigenvalue weighted by atomic mass is 9.78. The predicted octanol–water partition coefficient (Wildman–Crippen LogP) is 4.82. The number of halogens is 1. The number of hydrogen-bond acceptors (Lipinski definition) is 4. The van der Waals surface area contributed by atoms with E-state index in [-0.39, 0.29) is 17.8 Å². The molecule has 0 atom stereocenters. The quantitative estimate of drug-likeness (QED) is 0.651. The van der Waals surface area contributed by atoms with Crippen molar-refractivity contribution in [2.45, 2.75) is 50.9 Å². The number of benzene rings is 2. The Balaban J connectivity index is 1.72. The van der Waals surface area contributed by atoms with Crippen molar-refractivity contribution < 1.29 is 23.4 Å². The molecule has 2 aromatic carbocycles. The van der Waals surface area contributed by atoms with Crippen molar-refractivity contribution >= 4 is 11.6 Å². The second-order valence-corrected chi connectivity index (χ2v) is 7.84. The summed E-state index contributed by atoms with van der Waals surface area (Å²) < 4.78 is 31.6. The van der Waals surface area contributed by atoms with Crippen molar-refractivity contribution in [2.24, 2.45) is 0 Å². The van der Waals surface area contributed by atoms with Crippen LogP contribution in [0.4, 0.5) is 10.1 Å². The Morgan fingerprint density at radius 2 is 1.80 bits per heavy atom. The molecule has 162 valence electrons. The number of anilines is 1. The molecule has 0 aromatic heterocycles. The van der Waals surface area contributed by atoms with Crippen molar-refractivity contribution in [1.82, 2.24) is 0 Å². The van der Waals surface area contributed by atoms with Crippen LogP contribution in [0.1, 0.15) is 43.7 Å². The number of amides is 1. The van der Waals surface area contributed by atoms with Crippen molar-refractivity contribution in [1.29, 1.82) is 0 Å². The summed E-state index contributed by atoms with van der Waals surface area (Å²) in [7, 11) is 5.13. The summed E-state index contributed by atoms with van der Waals surface area (Å²) in [6, 6.07) is 12.3. The number of hydrogen-bond donors (Lipinski definition) is 0. The molecule has 2 aromatic rings. The fraction of sp³-hybridized carbons (Fsp3) is 0.458. The van der Waals surface area contributed by atoms with E-state index >= 15 is 0 Å². The third kappa shape index (κ3) is 4.99. The van der Waals surface area contributed by atoms with Crippen LogP contribution in [-0.2, 0) is 26.5 Å². The molecule has 6 heteroatoms. The minimum Gasteiger partial charge on any atom is -0.489 e. The molecule has 0 spiro atoms. The number of carbonyl (C=O) groups excluding carboxylic acids is 1. The van der Waals surface area contributed by atoms with Crippen LogP contribution in [-0.4, -0.2) is 33.3 Å². The smallest absolute Gasteiger partial charge is 0.223 e. The van der Waals surface area contributed by atoms with Gasteiger partial charge in [-0.25, -0.2) is 4.39 Å². The minimum absolute atomic E-state index is 0.0297. The van der Waals surface area contributed by atoms with Gasteiger partial charge in [0.2, 0.25) is 5.91 Å². The van der Waals surface area contributed by atoms with Crippen LogP contribution in [0.2, 0.25) is 0 Å². The molecule has 0 aliphatic heterocycles. The second kappa shape index (κ2) is 9.58. The highest BCUT2D eigenvalue weighted by Gasteiger charge is 2.37. The Morgan fingerprint density at radius 1 is 1.13 bits per heavy atom. The van der Waals surface area contributed by atoms with Gasteiger partial charge in [-0.1, -0.05) is 12.1 Å². The molecule has 1 aliphatic rings. The number of nitrogens with zero attached hydrogens (tertiary/aromatic N) is 1. The largest absolute Gasteiger partial charge is 0.489 e. The molecular weight excluding hydrogens is 385 g/mol. The van der Waals surface area contributed by atoms with Gasteiger partial charge in [0.1, 0.15) is 18.2 Å². The maximum absolute atomic E-state index is 14.4. The van der Waals surface area contributed by atoms with Crippen molar-refractivity contribution in [3.8, 4) is 5.75 Å². The summed E-state index contributed by atoms with van der Waals surface area (Å²) in [5.41, 5.74) is 2.03. The van der Waals surface area contributed by atoms with Crippen LogP contribution in [0.15, 0.2) is 42.5 Å². The highest BCUT2D eigenvalue weighted by molar-refractivity contribution is 5.90. The van der Waals surface area contributed by atoms with E-state index in [1.807, 2.05) is 30.3 Å². The van der Waals surface area contributed by atoms with E-state index in [9.17, 15) is 9.18 Å². The monoisotopic (exact) mass is 415 g/mol. The van der Waals surface area contributed by atoms with Crippen LogP contribution >= 0.6 is 0 Å².